The van der Waals surface area contributed by atoms with Crippen molar-refractivity contribution in [2.45, 2.75) is 76.8 Å². The molecule has 0 aromatic carbocycles. The third-order valence-electron chi connectivity index (χ3n) is 5.67. The summed E-state index contributed by atoms with van der Waals surface area (Å²) in [5.41, 5.74) is 0. The zero-order chi connectivity index (χ0) is 21.8. The van der Waals surface area contributed by atoms with Crippen LogP contribution in [0.15, 0.2) is 24.3 Å². The smallest absolute Gasteiger partial charge is 0.305 e. The second-order valence-electron chi connectivity index (χ2n) is 7.88. The first-order valence-corrected chi connectivity index (χ1v) is 11.0. The molecule has 1 heterocycles. The Morgan fingerprint density at radius 1 is 1.17 bits per heavy atom. The number of hydrogen-bond acceptors (Lipinski definition) is 7. The minimum Gasteiger partial charge on any atom is -0.469 e. The van der Waals surface area contributed by atoms with Gasteiger partial charge in [-0.3, -0.25) is 9.59 Å². The summed E-state index contributed by atoms with van der Waals surface area (Å²) in [7, 11) is 1.39. The zero-order valence-corrected chi connectivity index (χ0v) is 18.2. The van der Waals surface area contributed by atoms with Crippen LogP contribution in [0, 0.1) is 11.8 Å². The molecule has 1 saturated carbocycles. The summed E-state index contributed by atoms with van der Waals surface area (Å²) in [5, 5.41) is 9.28. The predicted octanol–water partition coefficient (Wildman–Crippen LogP) is 3.30. The molecule has 1 unspecified atom stereocenters. The van der Waals surface area contributed by atoms with Gasteiger partial charge in [-0.25, -0.2) is 0 Å². The second kappa shape index (κ2) is 13.6. The molecular formula is C23H36O7. The Labute approximate surface area is 179 Å². The molecule has 7 nitrogen and oxygen atoms in total. The van der Waals surface area contributed by atoms with Crippen molar-refractivity contribution in [3.8, 4) is 0 Å². The fraction of sp³-hybridized carbons (Fsp3) is 0.739. The van der Waals surface area contributed by atoms with Gasteiger partial charge >= 0.3 is 11.9 Å². The lowest BCUT2D eigenvalue weighted by molar-refractivity contribution is -0.193. The Kier molecular flexibility index (Phi) is 11.1. The van der Waals surface area contributed by atoms with Gasteiger partial charge in [-0.05, 0) is 38.5 Å². The van der Waals surface area contributed by atoms with Crippen molar-refractivity contribution in [2.75, 3.05) is 20.3 Å². The van der Waals surface area contributed by atoms with Crippen LogP contribution in [0.2, 0.25) is 0 Å². The van der Waals surface area contributed by atoms with Gasteiger partial charge in [0.2, 0.25) is 0 Å². The van der Waals surface area contributed by atoms with E-state index in [1.165, 1.54) is 14.0 Å². The van der Waals surface area contributed by atoms with Crippen molar-refractivity contribution >= 4 is 11.9 Å². The van der Waals surface area contributed by atoms with Gasteiger partial charge in [0.15, 0.2) is 6.29 Å². The highest BCUT2D eigenvalue weighted by Gasteiger charge is 2.44. The number of methoxy groups -OCH3 is 1. The zero-order valence-electron chi connectivity index (χ0n) is 18.2. The molecule has 0 spiro atoms. The Hall–Kier alpha value is -1.70. The monoisotopic (exact) mass is 424 g/mol. The number of allylic oxidation sites excluding steroid dienone is 2. The van der Waals surface area contributed by atoms with Crippen molar-refractivity contribution in [3.05, 3.63) is 24.3 Å². The Morgan fingerprint density at radius 3 is 2.67 bits per heavy atom. The van der Waals surface area contributed by atoms with Crippen molar-refractivity contribution < 1.29 is 33.6 Å². The number of esters is 2. The second-order valence-corrected chi connectivity index (χ2v) is 7.88. The first-order valence-electron chi connectivity index (χ1n) is 11.0. The summed E-state index contributed by atoms with van der Waals surface area (Å²) in [6.45, 7) is 2.09. The summed E-state index contributed by atoms with van der Waals surface area (Å²) < 4.78 is 22.3. The van der Waals surface area contributed by atoms with Gasteiger partial charge in [-0.2, -0.15) is 0 Å². The van der Waals surface area contributed by atoms with Gasteiger partial charge in [0.05, 0.1) is 19.8 Å². The van der Waals surface area contributed by atoms with Crippen LogP contribution in [0.4, 0.5) is 0 Å². The van der Waals surface area contributed by atoms with Crippen LogP contribution in [0.3, 0.4) is 0 Å². The lowest BCUT2D eigenvalue weighted by Crippen LogP contribution is -2.30. The number of aliphatic hydroxyl groups is 1. The molecule has 0 radical (unpaired) electrons. The number of carbonyl (C=O) groups excluding carboxylic acids is 2. The topological polar surface area (TPSA) is 91.3 Å². The molecule has 0 amide bonds. The molecule has 0 aromatic rings. The maximum absolute atomic E-state index is 11.7. The molecule has 1 saturated heterocycles. The molecule has 0 bridgehead atoms. The summed E-state index contributed by atoms with van der Waals surface area (Å²) in [6.07, 6.45) is 13.5. The van der Waals surface area contributed by atoms with Gasteiger partial charge in [0.1, 0.15) is 6.10 Å². The molecule has 7 heteroatoms. The Bertz CT molecular complexity index is 580. The molecule has 170 valence electrons. The summed E-state index contributed by atoms with van der Waals surface area (Å²) in [5.74, 6) is -0.423. The van der Waals surface area contributed by atoms with Crippen molar-refractivity contribution in [2.24, 2.45) is 11.8 Å². The van der Waals surface area contributed by atoms with Crippen LogP contribution in [0.25, 0.3) is 0 Å². The molecule has 1 aliphatic heterocycles. The largest absolute Gasteiger partial charge is 0.469 e. The first kappa shape index (κ1) is 24.6. The number of hydrogen-bond donors (Lipinski definition) is 1. The summed E-state index contributed by atoms with van der Waals surface area (Å²) in [4.78, 5) is 22.9. The number of ether oxygens (including phenoxy) is 4. The van der Waals surface area contributed by atoms with Crippen LogP contribution in [-0.4, -0.2) is 55.9 Å². The average Bonchev–Trinajstić information content (AvgIpc) is 3.04. The van der Waals surface area contributed by atoms with E-state index in [9.17, 15) is 14.7 Å². The third-order valence-corrected chi connectivity index (χ3v) is 5.67. The molecule has 1 aliphatic carbocycles. The van der Waals surface area contributed by atoms with E-state index in [2.05, 4.69) is 16.9 Å². The molecule has 5 atom stereocenters. The van der Waals surface area contributed by atoms with E-state index in [4.69, 9.17) is 14.2 Å². The van der Waals surface area contributed by atoms with E-state index in [0.717, 1.165) is 38.5 Å². The van der Waals surface area contributed by atoms with E-state index < -0.39 is 0 Å². The van der Waals surface area contributed by atoms with Crippen molar-refractivity contribution in [1.82, 2.24) is 0 Å². The average molecular weight is 425 g/mol. The normalized spacial score (nSPS) is 29.5. The number of unbranched alkanes of at least 4 members (excludes halogenated alkanes) is 1. The molecule has 2 fully saturated rings. The fourth-order valence-electron chi connectivity index (χ4n) is 4.22. The van der Waals surface area contributed by atoms with Gasteiger partial charge in [0, 0.05) is 38.2 Å². The molecule has 1 N–H and O–H groups in total. The quantitative estimate of drug-likeness (QED) is 0.309. The standard InChI is InChI=1S/C23H36O7/c1-17(25)29-20-16-21(30-23-13-7-8-15-28-23)19(11-9-14-24)18(20)10-5-3-4-6-12-22(26)27-2/h3,5,9,11,18-21,23-24H,4,6-8,10,12-16H2,1-2H3/b5-3-,11-9+/t18-,19-,20+,21-,23?/m1/s1. The van der Waals surface area contributed by atoms with E-state index in [0.29, 0.717) is 19.4 Å². The minimum absolute atomic E-state index is 0.0201. The maximum Gasteiger partial charge on any atom is 0.305 e. The number of aliphatic hydroxyl groups excluding tert-OH is 1. The van der Waals surface area contributed by atoms with Crippen molar-refractivity contribution in [3.63, 3.8) is 0 Å². The SMILES string of the molecule is COC(=O)CCC/C=C\C[C@@H]1[C@@H](/C=C/CO)[C@H](OC2CCCCO2)C[C@@H]1OC(C)=O. The fourth-order valence-corrected chi connectivity index (χ4v) is 4.22. The number of carbonyl (C=O) groups is 2. The number of rotatable bonds is 11. The predicted molar refractivity (Wildman–Crippen MR) is 111 cm³/mol. The molecule has 2 rings (SSSR count). The van der Waals surface area contributed by atoms with Crippen LogP contribution in [0.5, 0.6) is 0 Å². The van der Waals surface area contributed by atoms with Crippen LogP contribution < -0.4 is 0 Å². The van der Waals surface area contributed by atoms with Crippen LogP contribution in [-0.2, 0) is 28.5 Å². The lowest BCUT2D eigenvalue weighted by atomic mass is 9.89. The lowest BCUT2D eigenvalue weighted by Gasteiger charge is -2.29. The maximum atomic E-state index is 11.7. The summed E-state index contributed by atoms with van der Waals surface area (Å²) in [6, 6.07) is 0. The van der Waals surface area contributed by atoms with E-state index >= 15 is 0 Å². The van der Waals surface area contributed by atoms with Crippen molar-refractivity contribution in [1.29, 1.82) is 0 Å². The van der Waals surface area contributed by atoms with E-state index in [1.54, 1.807) is 6.08 Å². The first-order chi connectivity index (χ1) is 14.5. The highest BCUT2D eigenvalue weighted by molar-refractivity contribution is 5.69. The van der Waals surface area contributed by atoms with Gasteiger partial charge < -0.3 is 24.1 Å². The highest BCUT2D eigenvalue weighted by Crippen LogP contribution is 2.41. The highest BCUT2D eigenvalue weighted by atomic mass is 16.7. The molecule has 2 aliphatic rings. The Morgan fingerprint density at radius 2 is 2.00 bits per heavy atom. The molecule has 0 aromatic heterocycles. The molecule has 30 heavy (non-hydrogen) atoms. The van der Waals surface area contributed by atoms with Crippen LogP contribution in [0.1, 0.15) is 58.3 Å². The molecular weight excluding hydrogens is 388 g/mol. The van der Waals surface area contributed by atoms with Crippen LogP contribution >= 0.6 is 0 Å². The van der Waals surface area contributed by atoms with Gasteiger partial charge in [0.25, 0.3) is 0 Å². The third kappa shape index (κ3) is 8.20. The van der Waals surface area contributed by atoms with Gasteiger partial charge in [-0.1, -0.05) is 24.3 Å². The van der Waals surface area contributed by atoms with Gasteiger partial charge in [-0.15, -0.1) is 0 Å². The Balaban J connectivity index is 2.01. The summed E-state index contributed by atoms with van der Waals surface area (Å²) >= 11 is 0. The van der Waals surface area contributed by atoms with E-state index in [-0.39, 0.29) is 48.9 Å². The minimum atomic E-state index is -0.300. The van der Waals surface area contributed by atoms with E-state index in [1.807, 2.05) is 6.08 Å².